The Morgan fingerprint density at radius 2 is 1.80 bits per heavy atom. The van der Waals surface area contributed by atoms with Crippen molar-refractivity contribution in [3.8, 4) is 6.07 Å². The van der Waals surface area contributed by atoms with E-state index >= 15 is 0 Å². The number of piperidine rings is 1. The molecule has 1 atom stereocenters. The smallest absolute Gasteiger partial charge is 0.367 e. The molecule has 0 bridgehead atoms. The number of sulfonamides is 1. The van der Waals surface area contributed by atoms with Gasteiger partial charge in [-0.1, -0.05) is 6.07 Å². The number of hydrogen-bond acceptors (Lipinski definition) is 10. The summed E-state index contributed by atoms with van der Waals surface area (Å²) in [6.07, 6.45) is -2.32. The monoisotopic (exact) mass is 717 g/mol. The van der Waals surface area contributed by atoms with E-state index in [4.69, 9.17) is 0 Å². The number of alkyl halides is 3. The van der Waals surface area contributed by atoms with Crippen molar-refractivity contribution in [3.63, 3.8) is 0 Å². The summed E-state index contributed by atoms with van der Waals surface area (Å²) < 4.78 is 66.7. The molecule has 1 aromatic carbocycles. The molecule has 0 radical (unpaired) electrons. The number of thiophene rings is 1. The number of nitriles is 1. The van der Waals surface area contributed by atoms with Gasteiger partial charge in [-0.05, 0) is 56.0 Å². The number of benzene rings is 1. The molecule has 0 amide bonds. The van der Waals surface area contributed by atoms with Gasteiger partial charge in [0, 0.05) is 87.3 Å². The molecular formula is C33H42F3N9O2S2. The van der Waals surface area contributed by atoms with E-state index < -0.39 is 22.6 Å². The lowest BCUT2D eigenvalue weighted by molar-refractivity contribution is -0.126. The maximum atomic E-state index is 13.1. The molecule has 0 unspecified atom stereocenters. The van der Waals surface area contributed by atoms with Gasteiger partial charge < -0.3 is 15.2 Å². The Bertz CT molecular complexity index is 1970. The van der Waals surface area contributed by atoms with Crippen LogP contribution in [-0.2, 0) is 29.5 Å². The Morgan fingerprint density at radius 1 is 1.08 bits per heavy atom. The average Bonchev–Trinajstić information content (AvgIpc) is 3.62. The van der Waals surface area contributed by atoms with Crippen molar-refractivity contribution < 1.29 is 21.6 Å². The van der Waals surface area contributed by atoms with Gasteiger partial charge in [0.1, 0.15) is 22.4 Å². The summed E-state index contributed by atoms with van der Waals surface area (Å²) in [7, 11) is -1.51. The highest BCUT2D eigenvalue weighted by atomic mass is 32.2. The number of rotatable bonds is 10. The lowest BCUT2D eigenvalue weighted by Crippen LogP contribution is -2.51. The molecule has 0 saturated carbocycles. The topological polar surface area (TPSA) is 122 Å². The Morgan fingerprint density at radius 3 is 2.43 bits per heavy atom. The lowest BCUT2D eigenvalue weighted by Gasteiger charge is -2.37. The Labute approximate surface area is 288 Å². The number of hydrogen-bond donors (Lipinski definition) is 2. The van der Waals surface area contributed by atoms with Crippen molar-refractivity contribution in [2.45, 2.75) is 64.5 Å². The second-order valence-electron chi connectivity index (χ2n) is 13.1. The van der Waals surface area contributed by atoms with Crippen LogP contribution in [0.5, 0.6) is 0 Å². The molecule has 6 rings (SSSR count). The summed E-state index contributed by atoms with van der Waals surface area (Å²) in [5.41, 5.74) is 3.99. The molecule has 2 N–H and O–H groups in total. The van der Waals surface area contributed by atoms with Crippen molar-refractivity contribution in [1.82, 2.24) is 28.6 Å². The third-order valence-corrected chi connectivity index (χ3v) is 12.1. The minimum atomic E-state index is -4.29. The Balaban J connectivity index is 1.10. The molecule has 2 aliphatic rings. The summed E-state index contributed by atoms with van der Waals surface area (Å²) in [6, 6.07) is 10.4. The molecule has 3 aromatic heterocycles. The highest BCUT2D eigenvalue weighted by Gasteiger charge is 2.30. The third kappa shape index (κ3) is 7.96. The molecule has 0 spiro atoms. The maximum absolute atomic E-state index is 13.1. The van der Waals surface area contributed by atoms with E-state index in [1.165, 1.54) is 16.1 Å². The number of fused-ring (bicyclic) bond motifs is 2. The van der Waals surface area contributed by atoms with Gasteiger partial charge in [-0.3, -0.25) is 9.80 Å². The highest BCUT2D eigenvalue weighted by Crippen LogP contribution is 2.35. The highest BCUT2D eigenvalue weighted by molar-refractivity contribution is 7.88. The summed E-state index contributed by atoms with van der Waals surface area (Å²) in [5.74, 6) is 0.927. The predicted molar refractivity (Wildman–Crippen MR) is 187 cm³/mol. The van der Waals surface area contributed by atoms with Crippen LogP contribution in [0, 0.1) is 18.3 Å². The number of nitrogens with zero attached hydrogens (tertiary/aromatic N) is 7. The first-order chi connectivity index (χ1) is 23.2. The largest absolute Gasteiger partial charge is 0.393 e. The molecule has 49 heavy (non-hydrogen) atoms. The van der Waals surface area contributed by atoms with Crippen LogP contribution in [0.25, 0.3) is 21.1 Å². The molecule has 16 heteroatoms. The molecular weight excluding hydrogens is 676 g/mol. The fourth-order valence-corrected chi connectivity index (χ4v) is 8.87. The van der Waals surface area contributed by atoms with Gasteiger partial charge in [-0.25, -0.2) is 13.4 Å². The van der Waals surface area contributed by atoms with E-state index in [0.29, 0.717) is 60.4 Å². The predicted octanol–water partition coefficient (Wildman–Crippen LogP) is 5.01. The van der Waals surface area contributed by atoms with Crippen LogP contribution < -0.4 is 10.6 Å². The van der Waals surface area contributed by atoms with Crippen LogP contribution in [-0.4, -0.2) is 108 Å². The summed E-state index contributed by atoms with van der Waals surface area (Å²) in [6.45, 7) is 9.59. The number of piperazine rings is 1. The molecule has 4 aromatic rings. The number of likely N-dealkylation sites (tertiary alicyclic amines) is 1. The minimum absolute atomic E-state index is 0.122. The number of aryl methyl sites for hydroxylation is 1. The Hall–Kier alpha value is -3.49. The third-order valence-electron chi connectivity index (χ3n) is 9.76. The van der Waals surface area contributed by atoms with Gasteiger partial charge in [0.15, 0.2) is 0 Å². The van der Waals surface area contributed by atoms with Crippen LogP contribution in [0.3, 0.4) is 0 Å². The molecule has 2 aliphatic heterocycles. The molecule has 5 heterocycles. The zero-order valence-corrected chi connectivity index (χ0v) is 29.8. The van der Waals surface area contributed by atoms with Gasteiger partial charge >= 0.3 is 6.18 Å². The van der Waals surface area contributed by atoms with Crippen molar-refractivity contribution in [2.75, 3.05) is 63.2 Å². The van der Waals surface area contributed by atoms with E-state index in [9.17, 15) is 26.9 Å². The maximum Gasteiger partial charge on any atom is 0.393 e. The van der Waals surface area contributed by atoms with Gasteiger partial charge in [-0.15, -0.1) is 11.3 Å². The minimum Gasteiger partial charge on any atom is -0.367 e. The second-order valence-corrected chi connectivity index (χ2v) is 16.2. The lowest BCUT2D eigenvalue weighted by atomic mass is 10.0. The van der Waals surface area contributed by atoms with Crippen LogP contribution in [0.1, 0.15) is 41.5 Å². The van der Waals surface area contributed by atoms with E-state index in [0.717, 1.165) is 60.3 Å². The van der Waals surface area contributed by atoms with E-state index in [1.54, 1.807) is 13.1 Å². The summed E-state index contributed by atoms with van der Waals surface area (Å²) in [5, 5.41) is 18.1. The molecule has 11 nitrogen and oxygen atoms in total. The Kier molecular flexibility index (Phi) is 10.1. The zero-order chi connectivity index (χ0) is 35.1. The summed E-state index contributed by atoms with van der Waals surface area (Å²) >= 11 is 1.05. The van der Waals surface area contributed by atoms with Gasteiger partial charge in [0.05, 0.1) is 18.1 Å². The summed E-state index contributed by atoms with van der Waals surface area (Å²) in [4.78, 5) is 14.4. The van der Waals surface area contributed by atoms with Crippen molar-refractivity contribution in [2.24, 2.45) is 0 Å². The second kappa shape index (κ2) is 14.0. The van der Waals surface area contributed by atoms with Crippen LogP contribution in [0.2, 0.25) is 0 Å². The number of nitrogens with one attached hydrogen (secondary N) is 2. The van der Waals surface area contributed by atoms with Crippen molar-refractivity contribution >= 4 is 54.2 Å². The SMILES string of the molecule is CNc1nc(NC2CCN(Cc3ccc4c(cc(C#N)n4C[C@H](C)N4CCN(S(C)(=O)=O)CC4)c3C)CC2)c2cc(CC(F)(F)F)sc2n1. The van der Waals surface area contributed by atoms with Crippen LogP contribution >= 0.6 is 11.3 Å². The zero-order valence-electron chi connectivity index (χ0n) is 28.1. The molecule has 2 saturated heterocycles. The van der Waals surface area contributed by atoms with Crippen molar-refractivity contribution in [3.05, 3.63) is 46.0 Å². The quantitative estimate of drug-likeness (QED) is 0.233. The average molecular weight is 718 g/mol. The van der Waals surface area contributed by atoms with E-state index in [1.807, 2.05) is 6.07 Å². The van der Waals surface area contributed by atoms with Crippen LogP contribution in [0.15, 0.2) is 24.3 Å². The first-order valence-electron chi connectivity index (χ1n) is 16.5. The van der Waals surface area contributed by atoms with E-state index in [2.05, 4.69) is 67.0 Å². The van der Waals surface area contributed by atoms with Gasteiger partial charge in [0.2, 0.25) is 16.0 Å². The number of anilines is 2. The number of aromatic nitrogens is 3. The fraction of sp³-hybridized carbons (Fsp3) is 0.545. The number of halogens is 3. The normalized spacial score (nSPS) is 18.2. The van der Waals surface area contributed by atoms with Crippen LogP contribution in [0.4, 0.5) is 24.9 Å². The van der Waals surface area contributed by atoms with Gasteiger partial charge in [-0.2, -0.15) is 27.7 Å². The van der Waals surface area contributed by atoms with Crippen molar-refractivity contribution in [1.29, 1.82) is 5.26 Å². The van der Waals surface area contributed by atoms with Gasteiger partial charge in [0.25, 0.3) is 0 Å². The fourth-order valence-electron chi connectivity index (χ4n) is 6.99. The standard InChI is InChI=1S/C33H42F3N9O2S2/c1-21(43-11-13-44(14-12-43)49(4,46)47)19-45-25(18-37)15-27-22(2)23(5-6-29(27)45)20-42-9-7-24(8-10-42)39-30-28-16-26(17-33(34,35)36)48-31(28)41-32(38-3)40-30/h5-6,15-16,21,24H,7-14,17,19-20H2,1-4H3,(H2,38,39,40,41)/t21-/m0/s1. The first-order valence-corrected chi connectivity index (χ1v) is 19.1. The molecule has 0 aliphatic carbocycles. The van der Waals surface area contributed by atoms with E-state index in [-0.39, 0.29) is 17.0 Å². The molecule has 2 fully saturated rings. The molecule has 264 valence electrons. The first kappa shape index (κ1) is 35.3.